The summed E-state index contributed by atoms with van der Waals surface area (Å²) in [6, 6.07) is 22.4. The topological polar surface area (TPSA) is 83.0 Å². The fraction of sp³-hybridized carbons (Fsp3) is 0.160. The first kappa shape index (κ1) is 19.8. The van der Waals surface area contributed by atoms with Crippen LogP contribution in [0.4, 0.5) is 5.69 Å². The largest absolute Gasteiger partial charge is 0.325 e. The number of H-pyrrole nitrogens is 1. The highest BCUT2D eigenvalue weighted by molar-refractivity contribution is 6.02. The van der Waals surface area contributed by atoms with Crippen LogP contribution in [0.1, 0.15) is 23.3 Å². The Labute approximate surface area is 185 Å². The van der Waals surface area contributed by atoms with Gasteiger partial charge in [-0.1, -0.05) is 42.5 Å². The molecule has 0 aliphatic carbocycles. The van der Waals surface area contributed by atoms with Crippen molar-refractivity contribution < 1.29 is 9.59 Å². The van der Waals surface area contributed by atoms with Crippen LogP contribution in [-0.2, 0) is 4.79 Å². The molecule has 7 heteroatoms. The number of aromatic nitrogens is 3. The average Bonchev–Trinajstić information content (AvgIpc) is 3.61. The van der Waals surface area contributed by atoms with E-state index in [2.05, 4.69) is 15.5 Å². The minimum absolute atomic E-state index is 0.182. The van der Waals surface area contributed by atoms with E-state index in [-0.39, 0.29) is 11.8 Å². The molecule has 2 amide bonds. The molecule has 2 aromatic carbocycles. The monoisotopic (exact) mass is 425 g/mol. The molecule has 2 aromatic heterocycles. The lowest BCUT2D eigenvalue weighted by Crippen LogP contribution is -2.43. The molecule has 0 saturated carbocycles. The Hall–Kier alpha value is -4.13. The van der Waals surface area contributed by atoms with Crippen LogP contribution in [0, 0.1) is 0 Å². The summed E-state index contributed by atoms with van der Waals surface area (Å²) < 4.78 is 1.95. The van der Waals surface area contributed by atoms with Crippen molar-refractivity contribution in [2.24, 2.45) is 0 Å². The van der Waals surface area contributed by atoms with E-state index >= 15 is 0 Å². The Bertz CT molecular complexity index is 1230. The SMILES string of the molecule is O=C(Nc1ccccc1-n1cccc1)[C@@H]1CCCN1C(=O)c1cc(-c2ccccc2)n[nH]1. The number of likely N-dealkylation sites (tertiary alicyclic amines) is 1. The van der Waals surface area contributed by atoms with Crippen LogP contribution in [0.15, 0.2) is 85.2 Å². The lowest BCUT2D eigenvalue weighted by molar-refractivity contribution is -0.119. The van der Waals surface area contributed by atoms with E-state index in [9.17, 15) is 9.59 Å². The number of hydrogen-bond acceptors (Lipinski definition) is 3. The maximum absolute atomic E-state index is 13.2. The first-order valence-electron chi connectivity index (χ1n) is 10.7. The molecule has 4 aromatic rings. The van der Waals surface area contributed by atoms with Crippen LogP contribution in [0.2, 0.25) is 0 Å². The molecule has 0 unspecified atom stereocenters. The van der Waals surface area contributed by atoms with Crippen molar-refractivity contribution in [1.82, 2.24) is 19.7 Å². The normalized spacial score (nSPS) is 15.6. The second-order valence-corrected chi connectivity index (χ2v) is 7.79. The smallest absolute Gasteiger partial charge is 0.272 e. The van der Waals surface area contributed by atoms with Crippen LogP contribution >= 0.6 is 0 Å². The van der Waals surface area contributed by atoms with Gasteiger partial charge in [0.15, 0.2) is 0 Å². The number of aromatic amines is 1. The van der Waals surface area contributed by atoms with Gasteiger partial charge >= 0.3 is 0 Å². The molecule has 1 aliphatic rings. The fourth-order valence-corrected chi connectivity index (χ4v) is 4.14. The van der Waals surface area contributed by atoms with Crippen molar-refractivity contribution in [2.45, 2.75) is 18.9 Å². The molecule has 0 spiro atoms. The van der Waals surface area contributed by atoms with Crippen LogP contribution in [0.5, 0.6) is 0 Å². The number of nitrogens with zero attached hydrogens (tertiary/aromatic N) is 3. The minimum atomic E-state index is -0.524. The van der Waals surface area contributed by atoms with E-state index in [1.165, 1.54) is 0 Å². The number of hydrogen-bond donors (Lipinski definition) is 2. The predicted molar refractivity (Wildman–Crippen MR) is 122 cm³/mol. The Morgan fingerprint density at radius 3 is 2.53 bits per heavy atom. The van der Waals surface area contributed by atoms with Gasteiger partial charge in [0, 0.05) is 24.5 Å². The predicted octanol–water partition coefficient (Wildman–Crippen LogP) is 4.11. The van der Waals surface area contributed by atoms with Gasteiger partial charge in [-0.15, -0.1) is 0 Å². The molecule has 1 atom stereocenters. The zero-order valence-electron chi connectivity index (χ0n) is 17.4. The number of benzene rings is 2. The number of para-hydroxylation sites is 2. The van der Waals surface area contributed by atoms with E-state index in [1.54, 1.807) is 11.0 Å². The highest BCUT2D eigenvalue weighted by Crippen LogP contribution is 2.25. The summed E-state index contributed by atoms with van der Waals surface area (Å²) in [5.41, 5.74) is 3.61. The van der Waals surface area contributed by atoms with Crippen LogP contribution in [0.25, 0.3) is 16.9 Å². The Morgan fingerprint density at radius 2 is 1.72 bits per heavy atom. The Balaban J connectivity index is 1.34. The van der Waals surface area contributed by atoms with E-state index in [1.807, 2.05) is 83.7 Å². The maximum atomic E-state index is 13.2. The van der Waals surface area contributed by atoms with Crippen LogP contribution in [0.3, 0.4) is 0 Å². The first-order valence-corrected chi connectivity index (χ1v) is 10.7. The molecule has 0 bridgehead atoms. The van der Waals surface area contributed by atoms with Crippen molar-refractivity contribution in [1.29, 1.82) is 0 Å². The number of amides is 2. The van der Waals surface area contributed by atoms with Crippen LogP contribution in [-0.4, -0.2) is 44.1 Å². The number of anilines is 1. The zero-order valence-corrected chi connectivity index (χ0v) is 17.4. The Kier molecular flexibility index (Phi) is 5.29. The molecule has 7 nitrogen and oxygen atoms in total. The quantitative estimate of drug-likeness (QED) is 0.505. The van der Waals surface area contributed by atoms with Crippen molar-refractivity contribution in [2.75, 3.05) is 11.9 Å². The second-order valence-electron chi connectivity index (χ2n) is 7.79. The van der Waals surface area contributed by atoms with Gasteiger partial charge in [0.05, 0.1) is 17.1 Å². The lowest BCUT2D eigenvalue weighted by atomic mass is 10.1. The van der Waals surface area contributed by atoms with Crippen molar-refractivity contribution in [3.63, 3.8) is 0 Å². The van der Waals surface area contributed by atoms with Gasteiger partial charge in [-0.25, -0.2) is 0 Å². The molecule has 3 heterocycles. The molecule has 1 saturated heterocycles. The molecule has 1 aliphatic heterocycles. The van der Waals surface area contributed by atoms with Gasteiger partial charge in [0.1, 0.15) is 11.7 Å². The summed E-state index contributed by atoms with van der Waals surface area (Å²) in [4.78, 5) is 28.0. The third-order valence-electron chi connectivity index (χ3n) is 5.74. The summed E-state index contributed by atoms with van der Waals surface area (Å²) in [5.74, 6) is -0.394. The molecule has 2 N–H and O–H groups in total. The molecule has 160 valence electrons. The van der Waals surface area contributed by atoms with Gasteiger partial charge < -0.3 is 14.8 Å². The van der Waals surface area contributed by atoms with Crippen molar-refractivity contribution in [3.8, 4) is 16.9 Å². The number of carbonyl (C=O) groups is 2. The highest BCUT2D eigenvalue weighted by atomic mass is 16.2. The molecule has 5 rings (SSSR count). The summed E-state index contributed by atoms with van der Waals surface area (Å²) >= 11 is 0. The Morgan fingerprint density at radius 1 is 0.969 bits per heavy atom. The summed E-state index contributed by atoms with van der Waals surface area (Å²) in [6.07, 6.45) is 5.27. The van der Waals surface area contributed by atoms with Gasteiger partial charge in [-0.05, 0) is 43.2 Å². The highest BCUT2D eigenvalue weighted by Gasteiger charge is 2.35. The number of rotatable bonds is 5. The van der Waals surface area contributed by atoms with Gasteiger partial charge in [-0.3, -0.25) is 14.7 Å². The lowest BCUT2D eigenvalue weighted by Gasteiger charge is -2.24. The zero-order chi connectivity index (χ0) is 21.9. The third kappa shape index (κ3) is 3.80. The molecular formula is C25H23N5O2. The second kappa shape index (κ2) is 8.55. The molecule has 32 heavy (non-hydrogen) atoms. The van der Waals surface area contributed by atoms with E-state index in [4.69, 9.17) is 0 Å². The standard InChI is InChI=1S/C25H23N5O2/c31-24(26-19-11-4-5-12-22(19)29-14-6-7-15-29)23-13-8-16-30(23)25(32)21-17-20(27-28-21)18-9-2-1-3-10-18/h1-7,9-12,14-15,17,23H,8,13,16H2,(H,26,31)(H,27,28)/t23-/m0/s1. The summed E-state index contributed by atoms with van der Waals surface area (Å²) in [5, 5.41) is 10.2. The number of nitrogens with one attached hydrogen (secondary N) is 2. The van der Waals surface area contributed by atoms with E-state index < -0.39 is 6.04 Å². The van der Waals surface area contributed by atoms with E-state index in [0.29, 0.717) is 30.0 Å². The molecular weight excluding hydrogens is 402 g/mol. The average molecular weight is 425 g/mol. The molecule has 0 radical (unpaired) electrons. The van der Waals surface area contributed by atoms with Gasteiger partial charge in [-0.2, -0.15) is 5.10 Å². The molecule has 1 fully saturated rings. The maximum Gasteiger partial charge on any atom is 0.272 e. The van der Waals surface area contributed by atoms with Crippen molar-refractivity contribution in [3.05, 3.63) is 90.9 Å². The summed E-state index contributed by atoms with van der Waals surface area (Å²) in [7, 11) is 0. The third-order valence-corrected chi connectivity index (χ3v) is 5.74. The fourth-order valence-electron chi connectivity index (χ4n) is 4.14. The van der Waals surface area contributed by atoms with Gasteiger partial charge in [0.25, 0.3) is 5.91 Å². The van der Waals surface area contributed by atoms with E-state index in [0.717, 1.165) is 17.7 Å². The summed E-state index contributed by atoms with van der Waals surface area (Å²) in [6.45, 7) is 0.538. The first-order chi connectivity index (χ1) is 15.7. The minimum Gasteiger partial charge on any atom is -0.325 e. The van der Waals surface area contributed by atoms with Crippen molar-refractivity contribution >= 4 is 17.5 Å². The van der Waals surface area contributed by atoms with Crippen LogP contribution < -0.4 is 5.32 Å². The number of carbonyl (C=O) groups excluding carboxylic acids is 2. The van der Waals surface area contributed by atoms with Gasteiger partial charge in [0.2, 0.25) is 5.91 Å².